The molecule has 1 heterocycles. The van der Waals surface area contributed by atoms with Crippen LogP contribution in [0, 0.1) is 0 Å². The summed E-state index contributed by atoms with van der Waals surface area (Å²) in [7, 11) is -3.28. The van der Waals surface area contributed by atoms with Crippen LogP contribution in [-0.4, -0.2) is 39.6 Å². The molecule has 1 fully saturated rings. The monoisotopic (exact) mass is 388 g/mol. The predicted octanol–water partition coefficient (Wildman–Crippen LogP) is 2.23. The van der Waals surface area contributed by atoms with E-state index in [0.717, 1.165) is 12.7 Å². The summed E-state index contributed by atoms with van der Waals surface area (Å²) < 4.78 is 28.3. The van der Waals surface area contributed by atoms with Gasteiger partial charge in [0.2, 0.25) is 5.91 Å². The van der Waals surface area contributed by atoms with E-state index in [-0.39, 0.29) is 23.3 Å². The highest BCUT2D eigenvalue weighted by Gasteiger charge is 2.24. The van der Waals surface area contributed by atoms with Crippen LogP contribution < -0.4 is 15.0 Å². The van der Waals surface area contributed by atoms with Gasteiger partial charge in [0.15, 0.2) is 16.4 Å². The van der Waals surface area contributed by atoms with Gasteiger partial charge in [-0.15, -0.1) is 0 Å². The van der Waals surface area contributed by atoms with E-state index in [2.05, 4.69) is 5.32 Å². The zero-order chi connectivity index (χ0) is 19.4. The third kappa shape index (κ3) is 4.65. The summed E-state index contributed by atoms with van der Waals surface area (Å²) in [6.45, 7) is 0.398. The molecule has 1 saturated heterocycles. The Morgan fingerprint density at radius 2 is 1.85 bits per heavy atom. The Morgan fingerprint density at radius 3 is 2.48 bits per heavy atom. The molecule has 1 aliphatic heterocycles. The van der Waals surface area contributed by atoms with E-state index in [0.29, 0.717) is 30.1 Å². The summed E-state index contributed by atoms with van der Waals surface area (Å²) in [4.78, 5) is 26.0. The SMILES string of the molecule is CS(=O)(=O)c1ccc(OCC(=O)Nc2ccccc2N2CCCC2=O)cc1. The molecule has 2 aromatic rings. The summed E-state index contributed by atoms with van der Waals surface area (Å²) >= 11 is 0. The molecule has 2 aromatic carbocycles. The van der Waals surface area contributed by atoms with Crippen molar-refractivity contribution in [1.29, 1.82) is 0 Å². The Morgan fingerprint density at radius 1 is 1.15 bits per heavy atom. The molecule has 7 nitrogen and oxygen atoms in total. The van der Waals surface area contributed by atoms with Crippen LogP contribution in [-0.2, 0) is 19.4 Å². The lowest BCUT2D eigenvalue weighted by Gasteiger charge is -2.20. The number of benzene rings is 2. The first-order valence-corrected chi connectivity index (χ1v) is 10.4. The van der Waals surface area contributed by atoms with Gasteiger partial charge in [-0.1, -0.05) is 12.1 Å². The van der Waals surface area contributed by atoms with Crippen LogP contribution in [0.15, 0.2) is 53.4 Å². The summed E-state index contributed by atoms with van der Waals surface area (Å²) in [5.74, 6) is 0.0563. The van der Waals surface area contributed by atoms with Crippen molar-refractivity contribution in [1.82, 2.24) is 0 Å². The first-order chi connectivity index (χ1) is 12.8. The number of nitrogens with one attached hydrogen (secondary N) is 1. The largest absolute Gasteiger partial charge is 0.484 e. The highest BCUT2D eigenvalue weighted by Crippen LogP contribution is 2.29. The van der Waals surface area contributed by atoms with Crippen molar-refractivity contribution in [2.75, 3.05) is 29.6 Å². The van der Waals surface area contributed by atoms with Crippen LogP contribution in [0.25, 0.3) is 0 Å². The zero-order valence-corrected chi connectivity index (χ0v) is 15.7. The maximum Gasteiger partial charge on any atom is 0.262 e. The molecule has 27 heavy (non-hydrogen) atoms. The molecule has 3 rings (SSSR count). The molecular weight excluding hydrogens is 368 g/mol. The van der Waals surface area contributed by atoms with Crippen molar-refractivity contribution in [3.05, 3.63) is 48.5 Å². The van der Waals surface area contributed by atoms with Crippen molar-refractivity contribution in [3.8, 4) is 5.75 Å². The van der Waals surface area contributed by atoms with Crippen molar-refractivity contribution >= 4 is 33.0 Å². The topological polar surface area (TPSA) is 92.8 Å². The molecule has 0 atom stereocenters. The maximum absolute atomic E-state index is 12.2. The minimum Gasteiger partial charge on any atom is -0.484 e. The number of anilines is 2. The van der Waals surface area contributed by atoms with E-state index in [1.807, 2.05) is 6.07 Å². The van der Waals surface area contributed by atoms with Crippen LogP contribution in [0.1, 0.15) is 12.8 Å². The van der Waals surface area contributed by atoms with Gasteiger partial charge in [0.1, 0.15) is 5.75 Å². The number of rotatable bonds is 6. The summed E-state index contributed by atoms with van der Waals surface area (Å²) in [5.41, 5.74) is 1.22. The highest BCUT2D eigenvalue weighted by molar-refractivity contribution is 7.90. The molecule has 0 aromatic heterocycles. The second kappa shape index (κ2) is 7.79. The number of carbonyl (C=O) groups is 2. The maximum atomic E-state index is 12.2. The van der Waals surface area contributed by atoms with Gasteiger partial charge in [0.05, 0.1) is 16.3 Å². The first-order valence-electron chi connectivity index (χ1n) is 8.47. The molecule has 142 valence electrons. The molecule has 0 aliphatic carbocycles. The number of amides is 2. The molecule has 0 radical (unpaired) electrons. The van der Waals surface area contributed by atoms with E-state index >= 15 is 0 Å². The fourth-order valence-electron chi connectivity index (χ4n) is 2.84. The first kappa shape index (κ1) is 18.9. The van der Waals surface area contributed by atoms with Gasteiger partial charge in [0, 0.05) is 19.2 Å². The lowest BCUT2D eigenvalue weighted by Crippen LogP contribution is -2.26. The fraction of sp³-hybridized carbons (Fsp3) is 0.263. The average Bonchev–Trinajstić information content (AvgIpc) is 3.06. The fourth-order valence-corrected chi connectivity index (χ4v) is 3.47. The highest BCUT2D eigenvalue weighted by atomic mass is 32.2. The van der Waals surface area contributed by atoms with E-state index in [1.54, 1.807) is 23.1 Å². The lowest BCUT2D eigenvalue weighted by molar-refractivity contribution is -0.118. The summed E-state index contributed by atoms with van der Waals surface area (Å²) in [5, 5.41) is 2.76. The quantitative estimate of drug-likeness (QED) is 0.819. The Kier molecular flexibility index (Phi) is 5.46. The van der Waals surface area contributed by atoms with Crippen molar-refractivity contribution < 1.29 is 22.7 Å². The van der Waals surface area contributed by atoms with Gasteiger partial charge < -0.3 is 15.0 Å². The van der Waals surface area contributed by atoms with Gasteiger partial charge >= 0.3 is 0 Å². The van der Waals surface area contributed by atoms with E-state index in [9.17, 15) is 18.0 Å². The number of carbonyl (C=O) groups excluding carboxylic acids is 2. The van der Waals surface area contributed by atoms with E-state index in [1.165, 1.54) is 24.3 Å². The molecular formula is C19H20N2O5S. The minimum atomic E-state index is -3.28. The molecule has 8 heteroatoms. The molecule has 0 spiro atoms. The van der Waals surface area contributed by atoms with Crippen LogP contribution in [0.5, 0.6) is 5.75 Å². The van der Waals surface area contributed by atoms with Crippen molar-refractivity contribution in [2.24, 2.45) is 0 Å². The summed E-state index contributed by atoms with van der Waals surface area (Å²) in [6, 6.07) is 13.0. The zero-order valence-electron chi connectivity index (χ0n) is 14.8. The number of nitrogens with zero attached hydrogens (tertiary/aromatic N) is 1. The van der Waals surface area contributed by atoms with E-state index in [4.69, 9.17) is 4.74 Å². The van der Waals surface area contributed by atoms with Crippen LogP contribution in [0.4, 0.5) is 11.4 Å². The van der Waals surface area contributed by atoms with Crippen molar-refractivity contribution in [3.63, 3.8) is 0 Å². The molecule has 1 aliphatic rings. The average molecular weight is 388 g/mol. The van der Waals surface area contributed by atoms with E-state index < -0.39 is 9.84 Å². The second-order valence-corrected chi connectivity index (χ2v) is 8.26. The number of ether oxygens (including phenoxy) is 1. The number of sulfone groups is 1. The van der Waals surface area contributed by atoms with Gasteiger partial charge in [0.25, 0.3) is 5.91 Å². The van der Waals surface area contributed by atoms with Gasteiger partial charge in [-0.2, -0.15) is 0 Å². The molecule has 0 bridgehead atoms. The summed E-state index contributed by atoms with van der Waals surface area (Å²) in [6.07, 6.45) is 2.43. The molecule has 1 N–H and O–H groups in total. The Bertz CT molecular complexity index is 954. The third-order valence-corrected chi connectivity index (χ3v) is 5.29. The third-order valence-electron chi connectivity index (χ3n) is 4.16. The Hall–Kier alpha value is -2.87. The molecule has 0 unspecified atom stereocenters. The normalized spacial score (nSPS) is 14.3. The standard InChI is InChI=1S/C19H20N2O5S/c1-27(24,25)15-10-8-14(9-11-15)26-13-18(22)20-16-5-2-3-6-17(16)21-12-4-7-19(21)23/h2-3,5-6,8-11H,4,7,12-13H2,1H3,(H,20,22). The van der Waals surface area contributed by atoms with Gasteiger partial charge in [-0.25, -0.2) is 8.42 Å². The predicted molar refractivity (Wildman–Crippen MR) is 102 cm³/mol. The molecule has 0 saturated carbocycles. The van der Waals surface area contributed by atoms with Crippen molar-refractivity contribution in [2.45, 2.75) is 17.7 Å². The minimum absolute atomic E-state index is 0.0407. The molecule has 2 amide bonds. The van der Waals surface area contributed by atoms with Crippen LogP contribution in [0.3, 0.4) is 0 Å². The second-order valence-electron chi connectivity index (χ2n) is 6.25. The number of hydrogen-bond donors (Lipinski definition) is 1. The Labute approximate surface area is 157 Å². The van der Waals surface area contributed by atoms with Crippen LogP contribution >= 0.6 is 0 Å². The van der Waals surface area contributed by atoms with Gasteiger partial charge in [-0.05, 0) is 42.8 Å². The lowest BCUT2D eigenvalue weighted by atomic mass is 10.2. The number of para-hydroxylation sites is 2. The Balaban J connectivity index is 1.62. The van der Waals surface area contributed by atoms with Gasteiger partial charge in [-0.3, -0.25) is 9.59 Å². The smallest absolute Gasteiger partial charge is 0.262 e. The van der Waals surface area contributed by atoms with Crippen LogP contribution in [0.2, 0.25) is 0 Å². The number of hydrogen-bond acceptors (Lipinski definition) is 5.